The summed E-state index contributed by atoms with van der Waals surface area (Å²) in [7, 11) is -3.61. The number of nitrogens with one attached hydrogen (secondary N) is 1. The molecule has 0 radical (unpaired) electrons. The van der Waals surface area contributed by atoms with Crippen LogP contribution in [0.15, 0.2) is 23.1 Å². The van der Waals surface area contributed by atoms with Gasteiger partial charge in [-0.05, 0) is 42.5 Å². The van der Waals surface area contributed by atoms with Gasteiger partial charge < -0.3 is 0 Å². The molecule has 0 aliphatic carbocycles. The topological polar surface area (TPSA) is 46.2 Å². The Balaban J connectivity index is 3.07. The number of hydrogen-bond acceptors (Lipinski definition) is 2. The van der Waals surface area contributed by atoms with Crippen molar-refractivity contribution < 1.29 is 12.8 Å². The van der Waals surface area contributed by atoms with E-state index in [9.17, 15) is 12.8 Å². The average Bonchev–Trinajstić information content (AvgIpc) is 2.28. The molecule has 19 heavy (non-hydrogen) atoms. The van der Waals surface area contributed by atoms with E-state index in [2.05, 4.69) is 4.72 Å². The normalized spacial score (nSPS) is 12.7. The fourth-order valence-corrected chi connectivity index (χ4v) is 3.69. The first-order chi connectivity index (χ1) is 8.65. The lowest BCUT2D eigenvalue weighted by Gasteiger charge is -2.25. The zero-order chi connectivity index (χ0) is 14.8. The monoisotopic (exact) mass is 287 g/mol. The van der Waals surface area contributed by atoms with Crippen LogP contribution in [0.5, 0.6) is 0 Å². The highest BCUT2D eigenvalue weighted by Gasteiger charge is 2.25. The number of aryl methyl sites for hydroxylation is 1. The molecule has 0 unspecified atom stereocenters. The van der Waals surface area contributed by atoms with Crippen LogP contribution in [0, 0.1) is 24.6 Å². The number of sulfonamides is 1. The Morgan fingerprint density at radius 1 is 1.11 bits per heavy atom. The van der Waals surface area contributed by atoms with Gasteiger partial charge >= 0.3 is 0 Å². The summed E-state index contributed by atoms with van der Waals surface area (Å²) in [5.41, 5.74) is 0.327. The Hall–Kier alpha value is -0.940. The van der Waals surface area contributed by atoms with E-state index < -0.39 is 15.8 Å². The van der Waals surface area contributed by atoms with Crippen LogP contribution in [0.25, 0.3) is 0 Å². The highest BCUT2D eigenvalue weighted by atomic mass is 32.2. The molecule has 0 bridgehead atoms. The summed E-state index contributed by atoms with van der Waals surface area (Å²) in [6.07, 6.45) is 0. The van der Waals surface area contributed by atoms with Crippen LogP contribution in [-0.2, 0) is 10.0 Å². The number of hydrogen-bond donors (Lipinski definition) is 1. The third kappa shape index (κ3) is 4.01. The maximum Gasteiger partial charge on any atom is 0.240 e. The van der Waals surface area contributed by atoms with E-state index in [4.69, 9.17) is 0 Å². The lowest BCUT2D eigenvalue weighted by molar-refractivity contribution is 0.355. The molecule has 5 heteroatoms. The van der Waals surface area contributed by atoms with Crippen LogP contribution < -0.4 is 4.72 Å². The smallest absolute Gasteiger partial charge is 0.208 e. The summed E-state index contributed by atoms with van der Waals surface area (Å²) in [6, 6.07) is 3.69. The summed E-state index contributed by atoms with van der Waals surface area (Å²) < 4.78 is 40.5. The summed E-state index contributed by atoms with van der Waals surface area (Å²) >= 11 is 0. The van der Waals surface area contributed by atoms with E-state index >= 15 is 0 Å². The Morgan fingerprint density at radius 2 is 1.63 bits per heavy atom. The van der Waals surface area contributed by atoms with Crippen molar-refractivity contribution in [2.75, 3.05) is 0 Å². The van der Waals surface area contributed by atoms with Crippen LogP contribution in [-0.4, -0.2) is 14.5 Å². The highest BCUT2D eigenvalue weighted by Crippen LogP contribution is 2.18. The van der Waals surface area contributed by atoms with E-state index in [0.29, 0.717) is 5.56 Å². The molecular formula is C14H22FNO2S. The van der Waals surface area contributed by atoms with Crippen molar-refractivity contribution in [1.82, 2.24) is 4.72 Å². The zero-order valence-electron chi connectivity index (χ0n) is 12.1. The van der Waals surface area contributed by atoms with Crippen LogP contribution in [0.4, 0.5) is 4.39 Å². The molecule has 3 nitrogen and oxygen atoms in total. The predicted octanol–water partition coefficient (Wildman–Crippen LogP) is 3.09. The minimum absolute atomic E-state index is 0.109. The third-order valence-corrected chi connectivity index (χ3v) is 4.62. The molecule has 0 heterocycles. The SMILES string of the molecule is Cc1cc(S(=O)(=O)NC(C(C)C)C(C)C)ccc1F. The van der Waals surface area contributed by atoms with E-state index in [1.54, 1.807) is 6.92 Å². The van der Waals surface area contributed by atoms with Crippen LogP contribution in [0.2, 0.25) is 0 Å². The lowest BCUT2D eigenvalue weighted by atomic mass is 9.94. The Kier molecular flexibility index (Phi) is 5.10. The first-order valence-electron chi connectivity index (χ1n) is 6.43. The molecule has 0 saturated carbocycles. The highest BCUT2D eigenvalue weighted by molar-refractivity contribution is 7.89. The predicted molar refractivity (Wildman–Crippen MR) is 74.9 cm³/mol. The quantitative estimate of drug-likeness (QED) is 0.904. The molecule has 0 amide bonds. The molecule has 1 aromatic carbocycles. The summed E-state index contributed by atoms with van der Waals surface area (Å²) in [6.45, 7) is 9.45. The molecular weight excluding hydrogens is 265 g/mol. The van der Waals surface area contributed by atoms with Gasteiger partial charge in [0.05, 0.1) is 4.90 Å². The summed E-state index contributed by atoms with van der Waals surface area (Å²) in [4.78, 5) is 0.109. The summed E-state index contributed by atoms with van der Waals surface area (Å²) in [5.74, 6) is -0.0177. The van der Waals surface area contributed by atoms with E-state index in [-0.39, 0.29) is 22.8 Å². The van der Waals surface area contributed by atoms with Crippen LogP contribution >= 0.6 is 0 Å². The lowest BCUT2D eigenvalue weighted by Crippen LogP contribution is -2.42. The van der Waals surface area contributed by atoms with Crippen molar-refractivity contribution in [3.05, 3.63) is 29.6 Å². The van der Waals surface area contributed by atoms with Crippen molar-refractivity contribution in [2.45, 2.75) is 45.6 Å². The van der Waals surface area contributed by atoms with Crippen LogP contribution in [0.1, 0.15) is 33.3 Å². The van der Waals surface area contributed by atoms with E-state index in [1.807, 2.05) is 27.7 Å². The molecule has 0 fully saturated rings. The third-order valence-electron chi connectivity index (χ3n) is 3.17. The van der Waals surface area contributed by atoms with Gasteiger partial charge in [-0.2, -0.15) is 0 Å². The second-order valence-electron chi connectivity index (χ2n) is 5.55. The molecule has 0 atom stereocenters. The van der Waals surface area contributed by atoms with Crippen molar-refractivity contribution in [3.63, 3.8) is 0 Å². The number of halogens is 1. The molecule has 0 saturated heterocycles. The maximum absolute atomic E-state index is 13.2. The first kappa shape index (κ1) is 16.1. The van der Waals surface area contributed by atoms with E-state index in [1.165, 1.54) is 18.2 Å². The second-order valence-corrected chi connectivity index (χ2v) is 7.26. The average molecular weight is 287 g/mol. The Morgan fingerprint density at radius 3 is 2.05 bits per heavy atom. The van der Waals surface area contributed by atoms with E-state index in [0.717, 1.165) is 0 Å². The van der Waals surface area contributed by atoms with Gasteiger partial charge in [-0.1, -0.05) is 27.7 Å². The summed E-state index contributed by atoms with van der Waals surface area (Å²) in [5, 5.41) is 0. The van der Waals surface area contributed by atoms with Gasteiger partial charge in [-0.25, -0.2) is 17.5 Å². The minimum atomic E-state index is -3.61. The molecule has 1 aromatic rings. The molecule has 0 aromatic heterocycles. The van der Waals surface area contributed by atoms with Gasteiger partial charge in [0.1, 0.15) is 5.82 Å². The Bertz CT molecular complexity index is 530. The molecule has 0 spiro atoms. The molecule has 108 valence electrons. The molecule has 1 rings (SSSR count). The van der Waals surface area contributed by atoms with Gasteiger partial charge in [-0.3, -0.25) is 0 Å². The first-order valence-corrected chi connectivity index (χ1v) is 7.92. The van der Waals surface area contributed by atoms with Crippen molar-refractivity contribution >= 4 is 10.0 Å². The van der Waals surface area contributed by atoms with Gasteiger partial charge in [0, 0.05) is 6.04 Å². The van der Waals surface area contributed by atoms with Gasteiger partial charge in [0.2, 0.25) is 10.0 Å². The van der Waals surface area contributed by atoms with Gasteiger partial charge in [0.15, 0.2) is 0 Å². The van der Waals surface area contributed by atoms with Crippen molar-refractivity contribution in [2.24, 2.45) is 11.8 Å². The Labute approximate surface area is 115 Å². The molecule has 0 aliphatic heterocycles. The zero-order valence-corrected chi connectivity index (χ0v) is 12.9. The van der Waals surface area contributed by atoms with Gasteiger partial charge in [0.25, 0.3) is 0 Å². The largest absolute Gasteiger partial charge is 0.240 e. The molecule has 1 N–H and O–H groups in total. The molecule has 0 aliphatic rings. The van der Waals surface area contributed by atoms with Gasteiger partial charge in [-0.15, -0.1) is 0 Å². The maximum atomic E-state index is 13.2. The van der Waals surface area contributed by atoms with Crippen LogP contribution in [0.3, 0.4) is 0 Å². The second kappa shape index (κ2) is 6.01. The van der Waals surface area contributed by atoms with Crippen molar-refractivity contribution in [3.8, 4) is 0 Å². The fourth-order valence-electron chi connectivity index (χ4n) is 2.07. The fraction of sp³-hybridized carbons (Fsp3) is 0.571. The minimum Gasteiger partial charge on any atom is -0.208 e. The number of benzene rings is 1. The standard InChI is InChI=1S/C14H22FNO2S/c1-9(2)14(10(3)4)16-19(17,18)12-6-7-13(15)11(5)8-12/h6-10,14,16H,1-5H3. The van der Waals surface area contributed by atoms with Crippen molar-refractivity contribution in [1.29, 1.82) is 0 Å². The number of rotatable bonds is 5.